The van der Waals surface area contributed by atoms with Crippen molar-refractivity contribution in [2.45, 2.75) is 6.92 Å². The molecule has 1 rings (SSSR count). The second-order valence-electron chi connectivity index (χ2n) is 2.42. The van der Waals surface area contributed by atoms with Gasteiger partial charge >= 0.3 is 5.97 Å². The highest BCUT2D eigenvalue weighted by Crippen LogP contribution is 2.27. The Kier molecular flexibility index (Phi) is 2.72. The molecule has 0 aliphatic heterocycles. The summed E-state index contributed by atoms with van der Waals surface area (Å²) in [5.74, 6) is -0.716. The molecule has 0 saturated carbocycles. The molecule has 0 aromatic carbocycles. The highest BCUT2D eigenvalue weighted by Gasteiger charge is 2.14. The van der Waals surface area contributed by atoms with Gasteiger partial charge in [-0.25, -0.2) is 9.78 Å². The molecule has 0 spiro atoms. The molecule has 0 aliphatic rings. The molecule has 70 valence electrons. The van der Waals surface area contributed by atoms with E-state index in [0.29, 0.717) is 11.3 Å². The molecule has 0 atom stereocenters. The Morgan fingerprint density at radius 3 is 2.77 bits per heavy atom. The third-order valence-electron chi connectivity index (χ3n) is 1.63. The number of aromatic carboxylic acids is 1. The van der Waals surface area contributed by atoms with E-state index in [0.717, 1.165) is 0 Å². The molecular weight excluding hydrogens is 194 g/mol. The van der Waals surface area contributed by atoms with Gasteiger partial charge in [-0.15, -0.1) is 0 Å². The number of ether oxygens (including phenoxy) is 1. The smallest absolute Gasteiger partial charge is 0.354 e. The number of hydrogen-bond donors (Lipinski definition) is 1. The lowest BCUT2D eigenvalue weighted by Crippen LogP contribution is -2.04. The molecule has 0 saturated heterocycles. The van der Waals surface area contributed by atoms with Crippen molar-refractivity contribution in [1.29, 1.82) is 0 Å². The Balaban J connectivity index is 3.31. The maximum Gasteiger partial charge on any atom is 0.354 e. The summed E-state index contributed by atoms with van der Waals surface area (Å²) >= 11 is 5.81. The van der Waals surface area contributed by atoms with Gasteiger partial charge in [0.05, 0.1) is 18.3 Å². The second-order valence-corrected chi connectivity index (χ2v) is 2.80. The topological polar surface area (TPSA) is 59.4 Å². The molecule has 0 aliphatic carbocycles. The van der Waals surface area contributed by atoms with Crippen LogP contribution in [0.15, 0.2) is 6.20 Å². The van der Waals surface area contributed by atoms with Crippen LogP contribution in [0.1, 0.15) is 16.1 Å². The van der Waals surface area contributed by atoms with E-state index in [1.165, 1.54) is 13.3 Å². The maximum absolute atomic E-state index is 10.6. The van der Waals surface area contributed by atoms with Gasteiger partial charge in [0.25, 0.3) is 0 Å². The number of nitrogens with zero attached hydrogens (tertiary/aromatic N) is 1. The molecule has 0 radical (unpaired) electrons. The van der Waals surface area contributed by atoms with Crippen molar-refractivity contribution in [3.05, 3.63) is 22.5 Å². The molecule has 0 bridgehead atoms. The minimum atomic E-state index is -1.10. The first kappa shape index (κ1) is 9.80. The summed E-state index contributed by atoms with van der Waals surface area (Å²) in [5.41, 5.74) is 0.360. The number of methoxy groups -OCH3 is 1. The van der Waals surface area contributed by atoms with Gasteiger partial charge in [-0.2, -0.15) is 0 Å². The standard InChI is InChI=1S/C8H8ClNO3/c1-4-6(9)5(13-2)3-10-7(4)8(11)12/h3H,1-2H3,(H,11,12). The summed E-state index contributed by atoms with van der Waals surface area (Å²) in [7, 11) is 1.45. The van der Waals surface area contributed by atoms with Crippen LogP contribution in [0.3, 0.4) is 0 Å². The average molecular weight is 202 g/mol. The lowest BCUT2D eigenvalue weighted by molar-refractivity contribution is 0.0689. The van der Waals surface area contributed by atoms with Gasteiger partial charge in [-0.1, -0.05) is 11.6 Å². The van der Waals surface area contributed by atoms with E-state index in [1.807, 2.05) is 0 Å². The van der Waals surface area contributed by atoms with Crippen molar-refractivity contribution < 1.29 is 14.6 Å². The quantitative estimate of drug-likeness (QED) is 0.792. The van der Waals surface area contributed by atoms with Gasteiger partial charge in [0, 0.05) is 5.56 Å². The SMILES string of the molecule is COc1cnc(C(=O)O)c(C)c1Cl. The molecule has 1 N–H and O–H groups in total. The maximum atomic E-state index is 10.6. The Hall–Kier alpha value is -1.29. The molecule has 4 nitrogen and oxygen atoms in total. The van der Waals surface area contributed by atoms with Crippen molar-refractivity contribution in [1.82, 2.24) is 4.98 Å². The van der Waals surface area contributed by atoms with Crippen molar-refractivity contribution in [2.24, 2.45) is 0 Å². The molecule has 0 unspecified atom stereocenters. The fourth-order valence-corrected chi connectivity index (χ4v) is 1.14. The Morgan fingerprint density at radius 1 is 1.69 bits per heavy atom. The zero-order valence-electron chi connectivity index (χ0n) is 7.17. The van der Waals surface area contributed by atoms with Crippen molar-refractivity contribution >= 4 is 17.6 Å². The minimum absolute atomic E-state index is 0.0502. The Bertz CT molecular complexity index is 351. The van der Waals surface area contributed by atoms with Crippen LogP contribution in [0.2, 0.25) is 5.02 Å². The van der Waals surface area contributed by atoms with Crippen molar-refractivity contribution in [3.63, 3.8) is 0 Å². The molecule has 13 heavy (non-hydrogen) atoms. The van der Waals surface area contributed by atoms with E-state index in [4.69, 9.17) is 21.4 Å². The number of carbonyl (C=O) groups is 1. The van der Waals surface area contributed by atoms with E-state index >= 15 is 0 Å². The fraction of sp³-hybridized carbons (Fsp3) is 0.250. The Labute approximate surface area is 80.1 Å². The number of pyridine rings is 1. The predicted octanol–water partition coefficient (Wildman–Crippen LogP) is 1.75. The zero-order chi connectivity index (χ0) is 10.0. The van der Waals surface area contributed by atoms with Gasteiger partial charge in [0.15, 0.2) is 11.4 Å². The van der Waals surface area contributed by atoms with Crippen LogP contribution in [-0.2, 0) is 0 Å². The molecular formula is C8H8ClNO3. The van der Waals surface area contributed by atoms with E-state index < -0.39 is 5.97 Å². The lowest BCUT2D eigenvalue weighted by atomic mass is 10.2. The lowest BCUT2D eigenvalue weighted by Gasteiger charge is -2.06. The van der Waals surface area contributed by atoms with Gasteiger partial charge in [-0.3, -0.25) is 0 Å². The summed E-state index contributed by atoms with van der Waals surface area (Å²) < 4.78 is 4.87. The third-order valence-corrected chi connectivity index (χ3v) is 2.10. The number of hydrogen-bond acceptors (Lipinski definition) is 3. The van der Waals surface area contributed by atoms with Crippen LogP contribution < -0.4 is 4.74 Å². The van der Waals surface area contributed by atoms with Gasteiger partial charge in [0.1, 0.15) is 0 Å². The molecule has 1 heterocycles. The van der Waals surface area contributed by atoms with Crippen LogP contribution in [0, 0.1) is 6.92 Å². The van der Waals surface area contributed by atoms with E-state index in [2.05, 4.69) is 4.98 Å². The van der Waals surface area contributed by atoms with E-state index in [-0.39, 0.29) is 10.7 Å². The Morgan fingerprint density at radius 2 is 2.31 bits per heavy atom. The van der Waals surface area contributed by atoms with E-state index in [1.54, 1.807) is 6.92 Å². The first-order chi connectivity index (χ1) is 6.07. The largest absolute Gasteiger partial charge is 0.494 e. The van der Waals surface area contributed by atoms with Crippen LogP contribution in [0.25, 0.3) is 0 Å². The molecule has 0 fully saturated rings. The van der Waals surface area contributed by atoms with Gasteiger partial charge in [0.2, 0.25) is 0 Å². The van der Waals surface area contributed by atoms with Crippen LogP contribution in [0.4, 0.5) is 0 Å². The normalized spacial score (nSPS) is 9.77. The average Bonchev–Trinajstić information content (AvgIpc) is 2.09. The summed E-state index contributed by atoms with van der Waals surface area (Å²) in [4.78, 5) is 14.3. The summed E-state index contributed by atoms with van der Waals surface area (Å²) in [6.07, 6.45) is 1.29. The number of halogens is 1. The van der Waals surface area contributed by atoms with Crippen LogP contribution >= 0.6 is 11.6 Å². The number of carboxylic acid groups (broad SMARTS) is 1. The summed E-state index contributed by atoms with van der Waals surface area (Å²) in [6, 6.07) is 0. The highest BCUT2D eigenvalue weighted by molar-refractivity contribution is 6.33. The summed E-state index contributed by atoms with van der Waals surface area (Å²) in [6.45, 7) is 1.58. The first-order valence-electron chi connectivity index (χ1n) is 3.50. The van der Waals surface area contributed by atoms with Gasteiger partial charge in [-0.05, 0) is 6.92 Å². The second kappa shape index (κ2) is 3.62. The van der Waals surface area contributed by atoms with Gasteiger partial charge < -0.3 is 9.84 Å². The summed E-state index contributed by atoms with van der Waals surface area (Å²) in [5, 5.41) is 8.98. The number of rotatable bonds is 2. The monoisotopic (exact) mass is 201 g/mol. The molecule has 0 amide bonds. The van der Waals surface area contributed by atoms with E-state index in [9.17, 15) is 4.79 Å². The third kappa shape index (κ3) is 1.72. The first-order valence-corrected chi connectivity index (χ1v) is 3.88. The fourth-order valence-electron chi connectivity index (χ4n) is 0.923. The van der Waals surface area contributed by atoms with Crippen LogP contribution in [0.5, 0.6) is 5.75 Å². The molecule has 1 aromatic rings. The highest BCUT2D eigenvalue weighted by atomic mass is 35.5. The number of carboxylic acids is 1. The molecule has 1 aromatic heterocycles. The van der Waals surface area contributed by atoms with Crippen LogP contribution in [-0.4, -0.2) is 23.2 Å². The number of aromatic nitrogens is 1. The zero-order valence-corrected chi connectivity index (χ0v) is 7.92. The predicted molar refractivity (Wildman–Crippen MR) is 47.5 cm³/mol. The molecule has 5 heteroatoms. The van der Waals surface area contributed by atoms with Crippen molar-refractivity contribution in [3.8, 4) is 5.75 Å². The van der Waals surface area contributed by atoms with Crippen molar-refractivity contribution in [2.75, 3.05) is 7.11 Å². The minimum Gasteiger partial charge on any atom is -0.494 e.